The van der Waals surface area contributed by atoms with E-state index in [9.17, 15) is 13.0 Å². The van der Waals surface area contributed by atoms with Crippen LogP contribution >= 0.6 is 7.60 Å². The summed E-state index contributed by atoms with van der Waals surface area (Å²) >= 11 is 0. The fourth-order valence-electron chi connectivity index (χ4n) is 2.52. The van der Waals surface area contributed by atoms with Gasteiger partial charge in [-0.25, -0.2) is 0 Å². The molecule has 0 aromatic heterocycles. The topological polar surface area (TPSA) is 112 Å². The van der Waals surface area contributed by atoms with E-state index in [2.05, 4.69) is 20.8 Å². The molecule has 0 spiro atoms. The molecular weight excluding hydrogens is 375 g/mol. The molecule has 0 bridgehead atoms. The first kappa shape index (κ1) is 25.3. The summed E-state index contributed by atoms with van der Waals surface area (Å²) in [5, 5.41) is 0. The van der Waals surface area contributed by atoms with Gasteiger partial charge in [0.1, 0.15) is 0 Å². The molecule has 3 N–H and O–H groups in total. The smallest absolute Gasteiger partial charge is 0.320 e. The molecule has 0 aromatic carbocycles. The van der Waals surface area contributed by atoms with Gasteiger partial charge in [0.25, 0.3) is 0 Å². The van der Waals surface area contributed by atoms with Crippen molar-refractivity contribution in [3.05, 3.63) is 34.5 Å². The van der Waals surface area contributed by atoms with Gasteiger partial charge in [0, 0.05) is 0 Å². The van der Waals surface area contributed by atoms with E-state index in [1.807, 2.05) is 6.92 Å². The highest BCUT2D eigenvalue weighted by Crippen LogP contribution is 2.47. The maximum Gasteiger partial charge on any atom is 0.370 e. The van der Waals surface area contributed by atoms with Crippen LogP contribution in [0.5, 0.6) is 0 Å². The molecule has 1 unspecified atom stereocenters. The van der Waals surface area contributed by atoms with Crippen LogP contribution in [-0.2, 0) is 14.7 Å². The standard InChI is InChI=1S/C18H33O6PS/c1-15(2)9-7-11-17(4)13-8-12-16(3)10-5-6-14-18(25(19,20)21)26(22,23)24/h5-6,10,14-15,17H,7-9,11-13H2,1-4H3,(H2,19,20,21)(H,22,23,24). The quantitative estimate of drug-likeness (QED) is 0.237. The first-order valence-electron chi connectivity index (χ1n) is 8.91. The van der Waals surface area contributed by atoms with Crippen molar-refractivity contribution in [3.8, 4) is 0 Å². The Morgan fingerprint density at radius 2 is 1.54 bits per heavy atom. The Balaban J connectivity index is 4.46. The molecule has 0 heterocycles. The molecule has 152 valence electrons. The average molecular weight is 408 g/mol. The maximum absolute atomic E-state index is 11.1. The molecule has 0 aliphatic heterocycles. The molecule has 26 heavy (non-hydrogen) atoms. The molecule has 0 saturated heterocycles. The Labute approximate surface area is 158 Å². The van der Waals surface area contributed by atoms with Crippen LogP contribution in [0.2, 0.25) is 0 Å². The second-order valence-corrected chi connectivity index (χ2v) is 10.5. The van der Waals surface area contributed by atoms with Crippen molar-refractivity contribution >= 4 is 17.7 Å². The number of hydrogen-bond donors (Lipinski definition) is 3. The third-order valence-corrected chi connectivity index (χ3v) is 6.82. The van der Waals surface area contributed by atoms with Crippen molar-refractivity contribution in [1.29, 1.82) is 0 Å². The Kier molecular flexibility index (Phi) is 11.6. The van der Waals surface area contributed by atoms with Gasteiger partial charge in [-0.15, -0.1) is 0 Å². The summed E-state index contributed by atoms with van der Waals surface area (Å²) in [7, 11) is -9.99. The van der Waals surface area contributed by atoms with Crippen LogP contribution in [0.15, 0.2) is 34.5 Å². The van der Waals surface area contributed by atoms with Crippen molar-refractivity contribution in [2.75, 3.05) is 0 Å². The molecule has 0 radical (unpaired) electrons. The number of allylic oxidation sites excluding steroid dienone is 5. The summed E-state index contributed by atoms with van der Waals surface area (Å²) in [5.41, 5.74) is 1.09. The molecular formula is C18H33O6PS. The van der Waals surface area contributed by atoms with Gasteiger partial charge in [-0.2, -0.15) is 8.42 Å². The van der Waals surface area contributed by atoms with Crippen LogP contribution < -0.4 is 0 Å². The largest absolute Gasteiger partial charge is 0.370 e. The lowest BCUT2D eigenvalue weighted by atomic mass is 9.94. The minimum atomic E-state index is -5.05. The average Bonchev–Trinajstić information content (AvgIpc) is 2.43. The van der Waals surface area contributed by atoms with Crippen LogP contribution in [0.1, 0.15) is 66.2 Å². The van der Waals surface area contributed by atoms with Crippen LogP contribution in [0.3, 0.4) is 0 Å². The van der Waals surface area contributed by atoms with Crippen LogP contribution in [0.25, 0.3) is 0 Å². The van der Waals surface area contributed by atoms with Crippen molar-refractivity contribution in [1.82, 2.24) is 0 Å². The summed E-state index contributed by atoms with van der Waals surface area (Å²) in [4.78, 5) is 17.9. The van der Waals surface area contributed by atoms with Crippen LogP contribution in [0.4, 0.5) is 0 Å². The Morgan fingerprint density at radius 3 is 2.04 bits per heavy atom. The van der Waals surface area contributed by atoms with Crippen molar-refractivity contribution in [3.63, 3.8) is 0 Å². The normalized spacial score (nSPS) is 15.8. The van der Waals surface area contributed by atoms with E-state index in [0.717, 1.165) is 36.8 Å². The fourth-order valence-corrected chi connectivity index (χ4v) is 4.26. The summed E-state index contributed by atoms with van der Waals surface area (Å²) < 4.78 is 40.5. The third-order valence-electron chi connectivity index (χ3n) is 4.03. The van der Waals surface area contributed by atoms with Crippen LogP contribution in [0, 0.1) is 11.8 Å². The first-order valence-corrected chi connectivity index (χ1v) is 12.0. The molecule has 0 amide bonds. The zero-order chi connectivity index (χ0) is 20.4. The maximum atomic E-state index is 11.1. The zero-order valence-electron chi connectivity index (χ0n) is 16.1. The second-order valence-electron chi connectivity index (χ2n) is 7.24. The Bertz CT molecular complexity index is 655. The van der Waals surface area contributed by atoms with E-state index < -0.39 is 22.4 Å². The third kappa shape index (κ3) is 12.6. The molecule has 0 aromatic rings. The molecule has 0 aliphatic rings. The van der Waals surface area contributed by atoms with Crippen molar-refractivity contribution in [2.45, 2.75) is 66.2 Å². The Hall–Kier alpha value is -0.720. The Morgan fingerprint density at radius 1 is 1.00 bits per heavy atom. The zero-order valence-corrected chi connectivity index (χ0v) is 17.8. The highest BCUT2D eigenvalue weighted by Gasteiger charge is 2.31. The van der Waals surface area contributed by atoms with E-state index >= 15 is 0 Å². The van der Waals surface area contributed by atoms with Gasteiger partial charge >= 0.3 is 17.7 Å². The lowest BCUT2D eigenvalue weighted by molar-refractivity contribution is 0.383. The van der Waals surface area contributed by atoms with E-state index in [-0.39, 0.29) is 0 Å². The summed E-state index contributed by atoms with van der Waals surface area (Å²) in [5.74, 6) is 1.45. The summed E-state index contributed by atoms with van der Waals surface area (Å²) in [6.07, 6.45) is 12.1. The molecule has 0 aliphatic carbocycles. The van der Waals surface area contributed by atoms with Gasteiger partial charge in [-0.3, -0.25) is 9.12 Å². The van der Waals surface area contributed by atoms with Gasteiger partial charge in [-0.1, -0.05) is 70.3 Å². The van der Waals surface area contributed by atoms with E-state index in [1.54, 1.807) is 6.08 Å². The fraction of sp³-hybridized carbons (Fsp3) is 0.667. The lowest BCUT2D eigenvalue weighted by Crippen LogP contribution is -2.02. The van der Waals surface area contributed by atoms with Gasteiger partial charge in [-0.05, 0) is 37.7 Å². The predicted molar refractivity (Wildman–Crippen MR) is 106 cm³/mol. The lowest BCUT2D eigenvalue weighted by Gasteiger charge is -2.12. The second kappa shape index (κ2) is 11.9. The molecule has 6 nitrogen and oxygen atoms in total. The summed E-state index contributed by atoms with van der Waals surface area (Å²) in [6.45, 7) is 8.69. The first-order chi connectivity index (χ1) is 11.8. The van der Waals surface area contributed by atoms with Crippen molar-refractivity contribution in [2.24, 2.45) is 11.8 Å². The van der Waals surface area contributed by atoms with Crippen molar-refractivity contribution < 1.29 is 27.3 Å². The van der Waals surface area contributed by atoms with E-state index in [0.29, 0.717) is 5.92 Å². The highest BCUT2D eigenvalue weighted by atomic mass is 32.2. The molecule has 0 rings (SSSR count). The van der Waals surface area contributed by atoms with Gasteiger partial charge in [0.05, 0.1) is 0 Å². The number of hydrogen-bond acceptors (Lipinski definition) is 3. The molecule has 1 atom stereocenters. The molecule has 0 saturated carbocycles. The monoisotopic (exact) mass is 408 g/mol. The SMILES string of the molecule is CC(=CC=CC=C(P(=O)(O)O)S(=O)(=O)O)CCCC(C)CCCC(C)C. The van der Waals surface area contributed by atoms with Gasteiger partial charge in [0.15, 0.2) is 4.65 Å². The minimum absolute atomic E-state index is 0.695. The van der Waals surface area contributed by atoms with E-state index in [4.69, 9.17) is 14.3 Å². The molecule has 0 fully saturated rings. The predicted octanol–water partition coefficient (Wildman–Crippen LogP) is 5.03. The number of rotatable bonds is 12. The molecule has 8 heteroatoms. The highest BCUT2D eigenvalue weighted by molar-refractivity contribution is 7.98. The van der Waals surface area contributed by atoms with Gasteiger partial charge < -0.3 is 9.79 Å². The minimum Gasteiger partial charge on any atom is -0.320 e. The summed E-state index contributed by atoms with van der Waals surface area (Å²) in [6, 6.07) is 0. The van der Waals surface area contributed by atoms with Gasteiger partial charge in [0.2, 0.25) is 0 Å². The van der Waals surface area contributed by atoms with Crippen LogP contribution in [-0.4, -0.2) is 22.8 Å². The van der Waals surface area contributed by atoms with E-state index in [1.165, 1.54) is 31.4 Å².